The highest BCUT2D eigenvalue weighted by atomic mass is 16.2. The van der Waals surface area contributed by atoms with Gasteiger partial charge in [0.25, 0.3) is 0 Å². The summed E-state index contributed by atoms with van der Waals surface area (Å²) in [4.78, 5) is 19.0. The van der Waals surface area contributed by atoms with Gasteiger partial charge in [-0.3, -0.25) is 4.90 Å². The van der Waals surface area contributed by atoms with Crippen LogP contribution in [0, 0.1) is 0 Å². The summed E-state index contributed by atoms with van der Waals surface area (Å²) in [6.07, 6.45) is 0. The van der Waals surface area contributed by atoms with Crippen molar-refractivity contribution in [1.29, 1.82) is 0 Å². The summed E-state index contributed by atoms with van der Waals surface area (Å²) in [6.45, 7) is 13.4. The molecule has 0 radical (unpaired) electrons. The van der Waals surface area contributed by atoms with Crippen LogP contribution in [-0.4, -0.2) is 78.1 Å². The molecule has 2 amide bonds. The van der Waals surface area contributed by atoms with Crippen LogP contribution in [0.4, 0.5) is 4.79 Å². The number of nitrogens with zero attached hydrogens (tertiary/aromatic N) is 3. The van der Waals surface area contributed by atoms with Crippen LogP contribution >= 0.6 is 0 Å². The molecule has 2 saturated heterocycles. The second kappa shape index (κ2) is 5.29. The number of hydrogen-bond donors (Lipinski definition) is 1. The van der Waals surface area contributed by atoms with Gasteiger partial charge in [-0.2, -0.15) is 0 Å². The fourth-order valence-corrected chi connectivity index (χ4v) is 3.51. The van der Waals surface area contributed by atoms with Crippen LogP contribution < -0.4 is 5.32 Å². The van der Waals surface area contributed by atoms with Crippen molar-refractivity contribution in [3.8, 4) is 0 Å². The molecule has 1 N–H and O–H groups in total. The Labute approximate surface area is 116 Å². The van der Waals surface area contributed by atoms with Gasteiger partial charge in [0, 0.05) is 50.3 Å². The number of nitrogens with one attached hydrogen (secondary N) is 1. The van der Waals surface area contributed by atoms with Crippen molar-refractivity contribution < 1.29 is 4.79 Å². The number of urea groups is 1. The van der Waals surface area contributed by atoms with Gasteiger partial charge in [0.1, 0.15) is 0 Å². The molecule has 19 heavy (non-hydrogen) atoms. The van der Waals surface area contributed by atoms with Gasteiger partial charge in [-0.05, 0) is 34.7 Å². The molecule has 5 heteroatoms. The average molecular weight is 268 g/mol. The summed E-state index contributed by atoms with van der Waals surface area (Å²) in [6, 6.07) is 0.747. The lowest BCUT2D eigenvalue weighted by atomic mass is 9.93. The highest BCUT2D eigenvalue weighted by molar-refractivity contribution is 5.74. The Bertz CT molecular complexity index is 342. The Morgan fingerprint density at radius 1 is 1.26 bits per heavy atom. The average Bonchev–Trinajstić information content (AvgIpc) is 2.25. The van der Waals surface area contributed by atoms with E-state index < -0.39 is 0 Å². The van der Waals surface area contributed by atoms with Crippen LogP contribution in [0.3, 0.4) is 0 Å². The van der Waals surface area contributed by atoms with E-state index in [9.17, 15) is 4.79 Å². The summed E-state index contributed by atoms with van der Waals surface area (Å²) >= 11 is 0. The van der Waals surface area contributed by atoms with Gasteiger partial charge in [0.15, 0.2) is 0 Å². The smallest absolute Gasteiger partial charge is 0.317 e. The maximum Gasteiger partial charge on any atom is 0.317 e. The number of hydrogen-bond acceptors (Lipinski definition) is 3. The first-order chi connectivity index (χ1) is 8.79. The Hall–Kier alpha value is -0.810. The summed E-state index contributed by atoms with van der Waals surface area (Å²) in [5.41, 5.74) is 0.207. The molecule has 0 saturated carbocycles. The third-order valence-corrected chi connectivity index (χ3v) is 4.14. The van der Waals surface area contributed by atoms with Crippen LogP contribution in [0.25, 0.3) is 0 Å². The monoisotopic (exact) mass is 268 g/mol. The molecule has 2 aliphatic heterocycles. The molecule has 5 nitrogen and oxygen atoms in total. The molecule has 2 aliphatic rings. The Kier molecular flexibility index (Phi) is 4.06. The fraction of sp³-hybridized carbons (Fsp3) is 0.929. The molecule has 0 unspecified atom stereocenters. The second-order valence-electron chi connectivity index (χ2n) is 6.91. The molecule has 0 aromatic heterocycles. The van der Waals surface area contributed by atoms with E-state index in [4.69, 9.17) is 0 Å². The van der Waals surface area contributed by atoms with Gasteiger partial charge in [0.05, 0.1) is 0 Å². The van der Waals surface area contributed by atoms with Crippen LogP contribution in [0.5, 0.6) is 0 Å². The number of carbonyl (C=O) groups excluding carboxylic acids is 1. The Balaban J connectivity index is 2.01. The lowest BCUT2D eigenvalue weighted by Crippen LogP contribution is -2.70. The first-order valence-electron chi connectivity index (χ1n) is 7.30. The number of rotatable bonds is 1. The van der Waals surface area contributed by atoms with Crippen molar-refractivity contribution in [2.75, 3.05) is 39.8 Å². The van der Waals surface area contributed by atoms with Gasteiger partial charge in [0.2, 0.25) is 0 Å². The quantitative estimate of drug-likeness (QED) is 0.765. The van der Waals surface area contributed by atoms with Gasteiger partial charge >= 0.3 is 6.03 Å². The second-order valence-corrected chi connectivity index (χ2v) is 6.91. The van der Waals surface area contributed by atoms with E-state index in [0.29, 0.717) is 6.04 Å². The standard InChI is InChI=1S/C14H28N4O/c1-11(2)15-13(19)17-6-7-18-12(9-17)8-16(5)10-14(18,3)4/h11-12H,6-10H2,1-5H3,(H,15,19)/t12-/m1/s1. The SMILES string of the molecule is CC(C)NC(=O)N1CCN2[C@H](CN(C)CC2(C)C)C1. The molecule has 0 spiro atoms. The molecule has 1 atom stereocenters. The largest absolute Gasteiger partial charge is 0.336 e. The molecule has 0 aromatic carbocycles. The van der Waals surface area contributed by atoms with E-state index in [0.717, 1.165) is 32.7 Å². The molecule has 2 heterocycles. The van der Waals surface area contributed by atoms with E-state index >= 15 is 0 Å². The van der Waals surface area contributed by atoms with Crippen molar-refractivity contribution in [1.82, 2.24) is 20.0 Å². The van der Waals surface area contributed by atoms with Gasteiger partial charge in [-0.1, -0.05) is 0 Å². The number of amides is 2. The molecular weight excluding hydrogens is 240 g/mol. The maximum absolute atomic E-state index is 12.1. The predicted molar refractivity (Wildman–Crippen MR) is 77.3 cm³/mol. The van der Waals surface area contributed by atoms with Crippen molar-refractivity contribution in [3.05, 3.63) is 0 Å². The first kappa shape index (κ1) is 14.6. The maximum atomic E-state index is 12.1. The van der Waals surface area contributed by atoms with Crippen molar-refractivity contribution in [2.24, 2.45) is 0 Å². The summed E-state index contributed by atoms with van der Waals surface area (Å²) in [7, 11) is 2.17. The number of fused-ring (bicyclic) bond motifs is 1. The minimum Gasteiger partial charge on any atom is -0.336 e. The first-order valence-corrected chi connectivity index (χ1v) is 7.30. The lowest BCUT2D eigenvalue weighted by molar-refractivity contribution is -0.0491. The van der Waals surface area contributed by atoms with Gasteiger partial charge in [-0.25, -0.2) is 4.79 Å². The van der Waals surface area contributed by atoms with E-state index in [-0.39, 0.29) is 17.6 Å². The molecule has 2 rings (SSSR count). The van der Waals surface area contributed by atoms with E-state index in [2.05, 4.69) is 36.0 Å². The topological polar surface area (TPSA) is 38.8 Å². The van der Waals surface area contributed by atoms with Gasteiger partial charge < -0.3 is 15.1 Å². The predicted octanol–water partition coefficient (Wildman–Crippen LogP) is 0.815. The molecule has 110 valence electrons. The van der Waals surface area contributed by atoms with Gasteiger partial charge in [-0.15, -0.1) is 0 Å². The van der Waals surface area contributed by atoms with Crippen molar-refractivity contribution >= 4 is 6.03 Å². The lowest BCUT2D eigenvalue weighted by Gasteiger charge is -2.55. The zero-order valence-electron chi connectivity index (χ0n) is 12.9. The Morgan fingerprint density at radius 2 is 1.95 bits per heavy atom. The molecule has 0 aromatic rings. The number of piperazine rings is 2. The third-order valence-electron chi connectivity index (χ3n) is 4.14. The van der Waals surface area contributed by atoms with Crippen molar-refractivity contribution in [3.63, 3.8) is 0 Å². The minimum atomic E-state index is 0.0840. The molecule has 0 bridgehead atoms. The number of likely N-dealkylation sites (N-methyl/N-ethyl adjacent to an activating group) is 1. The summed E-state index contributed by atoms with van der Waals surface area (Å²) < 4.78 is 0. The van der Waals surface area contributed by atoms with Crippen LogP contribution in [0.15, 0.2) is 0 Å². The van der Waals surface area contributed by atoms with E-state index in [1.165, 1.54) is 0 Å². The number of carbonyl (C=O) groups is 1. The molecule has 2 fully saturated rings. The highest BCUT2D eigenvalue weighted by Gasteiger charge is 2.42. The minimum absolute atomic E-state index is 0.0840. The normalized spacial score (nSPS) is 28.3. The summed E-state index contributed by atoms with van der Waals surface area (Å²) in [5, 5.41) is 2.99. The third kappa shape index (κ3) is 3.20. The highest BCUT2D eigenvalue weighted by Crippen LogP contribution is 2.27. The molecule has 0 aliphatic carbocycles. The summed E-state index contributed by atoms with van der Waals surface area (Å²) in [5.74, 6) is 0. The Morgan fingerprint density at radius 3 is 2.58 bits per heavy atom. The van der Waals surface area contributed by atoms with Crippen LogP contribution in [-0.2, 0) is 0 Å². The molecular formula is C14H28N4O. The van der Waals surface area contributed by atoms with Crippen LogP contribution in [0.1, 0.15) is 27.7 Å². The van der Waals surface area contributed by atoms with E-state index in [1.54, 1.807) is 0 Å². The van der Waals surface area contributed by atoms with Crippen molar-refractivity contribution in [2.45, 2.75) is 45.3 Å². The zero-order valence-corrected chi connectivity index (χ0v) is 12.9. The fourth-order valence-electron chi connectivity index (χ4n) is 3.51. The van der Waals surface area contributed by atoms with Crippen LogP contribution in [0.2, 0.25) is 0 Å². The van der Waals surface area contributed by atoms with E-state index in [1.807, 2.05) is 18.7 Å². The zero-order chi connectivity index (χ0) is 14.2.